The Morgan fingerprint density at radius 2 is 1.96 bits per heavy atom. The fraction of sp³-hybridized carbons (Fsp3) is 0.421. The van der Waals surface area contributed by atoms with Crippen molar-refractivity contribution in [1.29, 1.82) is 0 Å². The van der Waals surface area contributed by atoms with E-state index in [9.17, 15) is 0 Å². The number of anilines is 1. The summed E-state index contributed by atoms with van der Waals surface area (Å²) < 4.78 is 5.28. The first kappa shape index (κ1) is 16.7. The van der Waals surface area contributed by atoms with Gasteiger partial charge < -0.3 is 15.4 Å². The number of hydrogen-bond donors (Lipinski definition) is 1. The van der Waals surface area contributed by atoms with Crippen LogP contribution in [0.4, 0.5) is 5.82 Å². The Morgan fingerprint density at radius 1 is 1.21 bits per heavy atom. The molecule has 3 rings (SSSR count). The summed E-state index contributed by atoms with van der Waals surface area (Å²) in [5, 5.41) is 0. The van der Waals surface area contributed by atoms with Crippen LogP contribution < -0.4 is 10.5 Å². The van der Waals surface area contributed by atoms with Gasteiger partial charge in [0.15, 0.2) is 0 Å². The molecule has 1 aromatic carbocycles. The van der Waals surface area contributed by atoms with Crippen LogP contribution >= 0.6 is 0 Å². The van der Waals surface area contributed by atoms with E-state index in [0.29, 0.717) is 17.8 Å². The first-order valence-electron chi connectivity index (χ1n) is 8.30. The standard InChI is InChI=1S/C19H26N4O/c1-22(2)18-13-23(11-15-5-4-10-21-19(15)20)12-17(18)14-6-8-16(24-3)9-7-14/h4-10,17-18H,11-13H2,1-3H3,(H2,20,21)/t17-,18+/m0/s1. The summed E-state index contributed by atoms with van der Waals surface area (Å²) >= 11 is 0. The van der Waals surface area contributed by atoms with Crippen LogP contribution in [0.5, 0.6) is 5.75 Å². The fourth-order valence-corrected chi connectivity index (χ4v) is 3.52. The van der Waals surface area contributed by atoms with Gasteiger partial charge in [-0.1, -0.05) is 18.2 Å². The van der Waals surface area contributed by atoms with Gasteiger partial charge in [0, 0.05) is 43.4 Å². The van der Waals surface area contributed by atoms with E-state index in [0.717, 1.165) is 30.9 Å². The molecule has 2 heterocycles. The van der Waals surface area contributed by atoms with Crippen molar-refractivity contribution in [2.24, 2.45) is 0 Å². The highest BCUT2D eigenvalue weighted by atomic mass is 16.5. The topological polar surface area (TPSA) is 54.6 Å². The molecule has 1 aliphatic rings. The van der Waals surface area contributed by atoms with Crippen LogP contribution in [0.25, 0.3) is 0 Å². The summed E-state index contributed by atoms with van der Waals surface area (Å²) in [5.41, 5.74) is 8.47. The number of benzene rings is 1. The van der Waals surface area contributed by atoms with Gasteiger partial charge >= 0.3 is 0 Å². The van der Waals surface area contributed by atoms with Gasteiger partial charge in [0.2, 0.25) is 0 Å². The summed E-state index contributed by atoms with van der Waals surface area (Å²) in [6, 6.07) is 13.0. The smallest absolute Gasteiger partial charge is 0.127 e. The minimum absolute atomic E-state index is 0.476. The van der Waals surface area contributed by atoms with Crippen molar-refractivity contribution in [2.75, 3.05) is 40.0 Å². The van der Waals surface area contributed by atoms with Crippen molar-refractivity contribution in [1.82, 2.24) is 14.8 Å². The van der Waals surface area contributed by atoms with Gasteiger partial charge in [-0.2, -0.15) is 0 Å². The Balaban J connectivity index is 1.77. The number of likely N-dealkylation sites (tertiary alicyclic amines) is 1. The third-order valence-corrected chi connectivity index (χ3v) is 4.89. The van der Waals surface area contributed by atoms with Crippen molar-refractivity contribution in [3.63, 3.8) is 0 Å². The average molecular weight is 326 g/mol. The molecule has 1 saturated heterocycles. The molecular weight excluding hydrogens is 300 g/mol. The van der Waals surface area contributed by atoms with Crippen LogP contribution in [0, 0.1) is 0 Å². The number of ether oxygens (including phenoxy) is 1. The monoisotopic (exact) mass is 326 g/mol. The van der Waals surface area contributed by atoms with E-state index in [4.69, 9.17) is 10.5 Å². The molecule has 2 atom stereocenters. The molecule has 128 valence electrons. The van der Waals surface area contributed by atoms with Crippen molar-refractivity contribution in [3.8, 4) is 5.75 Å². The molecule has 5 heteroatoms. The molecule has 0 aliphatic carbocycles. The van der Waals surface area contributed by atoms with E-state index >= 15 is 0 Å². The number of rotatable bonds is 5. The second-order valence-electron chi connectivity index (χ2n) is 6.65. The van der Waals surface area contributed by atoms with Crippen LogP contribution in [0.15, 0.2) is 42.6 Å². The Bertz CT molecular complexity index is 671. The maximum absolute atomic E-state index is 6.01. The lowest BCUT2D eigenvalue weighted by Crippen LogP contribution is -2.34. The molecule has 1 aromatic heterocycles. The van der Waals surface area contributed by atoms with Gasteiger partial charge in [-0.3, -0.25) is 4.90 Å². The number of pyridine rings is 1. The molecular formula is C19H26N4O. The SMILES string of the molecule is COc1ccc([C@@H]2CN(Cc3cccnc3N)C[C@H]2N(C)C)cc1. The third kappa shape index (κ3) is 3.52. The fourth-order valence-electron chi connectivity index (χ4n) is 3.52. The lowest BCUT2D eigenvalue weighted by Gasteiger charge is -2.25. The second-order valence-corrected chi connectivity index (χ2v) is 6.65. The Labute approximate surface area is 144 Å². The van der Waals surface area contributed by atoms with Gasteiger partial charge in [-0.05, 0) is 37.9 Å². The molecule has 0 radical (unpaired) electrons. The predicted octanol–water partition coefficient (Wildman–Crippen LogP) is 2.20. The number of likely N-dealkylation sites (N-methyl/N-ethyl adjacent to an activating group) is 1. The Hall–Kier alpha value is -2.11. The van der Waals surface area contributed by atoms with Crippen LogP contribution in [0.3, 0.4) is 0 Å². The van der Waals surface area contributed by atoms with Crippen LogP contribution in [0.1, 0.15) is 17.0 Å². The zero-order valence-electron chi connectivity index (χ0n) is 14.6. The van der Waals surface area contributed by atoms with Gasteiger partial charge in [0.25, 0.3) is 0 Å². The molecule has 0 amide bonds. The molecule has 5 nitrogen and oxygen atoms in total. The summed E-state index contributed by atoms with van der Waals surface area (Å²) in [6.45, 7) is 2.89. The number of hydrogen-bond acceptors (Lipinski definition) is 5. The zero-order chi connectivity index (χ0) is 17.1. The molecule has 0 bridgehead atoms. The van der Waals surface area contributed by atoms with E-state index in [1.54, 1.807) is 13.3 Å². The highest BCUT2D eigenvalue weighted by Crippen LogP contribution is 2.32. The minimum Gasteiger partial charge on any atom is -0.497 e. The molecule has 2 N–H and O–H groups in total. The second kappa shape index (κ2) is 7.20. The van der Waals surface area contributed by atoms with Gasteiger partial charge in [0.05, 0.1) is 7.11 Å². The quantitative estimate of drug-likeness (QED) is 0.913. The average Bonchev–Trinajstić information content (AvgIpc) is 3.01. The molecule has 0 saturated carbocycles. The lowest BCUT2D eigenvalue weighted by molar-refractivity contribution is 0.260. The van der Waals surface area contributed by atoms with Gasteiger partial charge in [0.1, 0.15) is 11.6 Å². The number of nitrogen functional groups attached to an aromatic ring is 1. The van der Waals surface area contributed by atoms with Crippen molar-refractivity contribution < 1.29 is 4.74 Å². The van der Waals surface area contributed by atoms with Crippen molar-refractivity contribution in [2.45, 2.75) is 18.5 Å². The van der Waals surface area contributed by atoms with Crippen molar-refractivity contribution in [3.05, 3.63) is 53.7 Å². The maximum atomic E-state index is 6.01. The van der Waals surface area contributed by atoms with E-state index in [2.05, 4.69) is 47.1 Å². The van der Waals surface area contributed by atoms with E-state index in [1.165, 1.54) is 5.56 Å². The number of methoxy groups -OCH3 is 1. The van der Waals surface area contributed by atoms with Crippen LogP contribution in [0.2, 0.25) is 0 Å². The van der Waals surface area contributed by atoms with Crippen LogP contribution in [-0.2, 0) is 6.54 Å². The molecule has 1 fully saturated rings. The summed E-state index contributed by atoms with van der Waals surface area (Å²) in [7, 11) is 6.01. The first-order chi connectivity index (χ1) is 11.6. The summed E-state index contributed by atoms with van der Waals surface area (Å²) in [4.78, 5) is 8.98. The minimum atomic E-state index is 0.476. The third-order valence-electron chi connectivity index (χ3n) is 4.89. The largest absolute Gasteiger partial charge is 0.497 e. The van der Waals surface area contributed by atoms with Crippen molar-refractivity contribution >= 4 is 5.82 Å². The highest BCUT2D eigenvalue weighted by Gasteiger charge is 2.35. The number of nitrogens with two attached hydrogens (primary N) is 1. The van der Waals surface area contributed by atoms with E-state index in [1.807, 2.05) is 18.2 Å². The van der Waals surface area contributed by atoms with E-state index in [-0.39, 0.29) is 0 Å². The molecule has 1 aliphatic heterocycles. The lowest BCUT2D eigenvalue weighted by atomic mass is 9.93. The first-order valence-corrected chi connectivity index (χ1v) is 8.30. The highest BCUT2D eigenvalue weighted by molar-refractivity contribution is 5.38. The molecule has 2 aromatic rings. The zero-order valence-corrected chi connectivity index (χ0v) is 14.6. The Kier molecular flexibility index (Phi) is 5.02. The molecule has 0 spiro atoms. The maximum Gasteiger partial charge on any atom is 0.127 e. The molecule has 24 heavy (non-hydrogen) atoms. The van der Waals surface area contributed by atoms with E-state index < -0.39 is 0 Å². The predicted molar refractivity (Wildman–Crippen MR) is 97.1 cm³/mol. The van der Waals surface area contributed by atoms with Crippen LogP contribution in [-0.4, -0.2) is 55.1 Å². The Morgan fingerprint density at radius 3 is 2.58 bits per heavy atom. The van der Waals surface area contributed by atoms with Gasteiger partial charge in [-0.25, -0.2) is 4.98 Å². The molecule has 0 unspecified atom stereocenters. The number of aromatic nitrogens is 1. The van der Waals surface area contributed by atoms with Gasteiger partial charge in [-0.15, -0.1) is 0 Å². The normalized spacial score (nSPS) is 21.3. The number of nitrogens with zero attached hydrogens (tertiary/aromatic N) is 3. The summed E-state index contributed by atoms with van der Waals surface area (Å²) in [5.74, 6) is 2.01. The summed E-state index contributed by atoms with van der Waals surface area (Å²) in [6.07, 6.45) is 1.74.